The fraction of sp³-hybridized carbons (Fsp3) is 0.158. The van der Waals surface area contributed by atoms with Gasteiger partial charge >= 0.3 is 0 Å². The van der Waals surface area contributed by atoms with Crippen LogP contribution >= 0.6 is 11.6 Å². The minimum absolute atomic E-state index is 0.0572. The summed E-state index contributed by atoms with van der Waals surface area (Å²) in [6, 6.07) is 10.9. The van der Waals surface area contributed by atoms with E-state index in [4.69, 9.17) is 16.7 Å². The first-order chi connectivity index (χ1) is 12.0. The van der Waals surface area contributed by atoms with Crippen LogP contribution in [-0.2, 0) is 0 Å². The lowest BCUT2D eigenvalue weighted by Gasteiger charge is -2.18. The molecule has 126 valence electrons. The van der Waals surface area contributed by atoms with Crippen LogP contribution in [-0.4, -0.2) is 34.7 Å². The molecule has 0 fully saturated rings. The molecule has 0 saturated carbocycles. The molecule has 0 amide bonds. The van der Waals surface area contributed by atoms with Crippen molar-refractivity contribution in [2.24, 2.45) is 0 Å². The van der Waals surface area contributed by atoms with Crippen molar-refractivity contribution >= 4 is 51.3 Å². The summed E-state index contributed by atoms with van der Waals surface area (Å²) >= 11 is 6.09. The van der Waals surface area contributed by atoms with Crippen LogP contribution in [0.15, 0.2) is 41.2 Å². The maximum absolute atomic E-state index is 13.0. The summed E-state index contributed by atoms with van der Waals surface area (Å²) in [7, 11) is 1.88. The molecule has 25 heavy (non-hydrogen) atoms. The number of likely N-dealkylation sites (N-methyl/N-ethyl adjacent to an activating group) is 1. The number of aliphatic hydroxyl groups excluding tert-OH is 1. The van der Waals surface area contributed by atoms with E-state index in [2.05, 4.69) is 11.6 Å². The molecule has 0 unspecified atom stereocenters. The number of rotatable bonds is 3. The van der Waals surface area contributed by atoms with Crippen LogP contribution in [0.5, 0.6) is 0 Å². The molecule has 5 nitrogen and oxygen atoms in total. The third-order valence-electron chi connectivity index (χ3n) is 4.52. The van der Waals surface area contributed by atoms with E-state index in [0.29, 0.717) is 33.3 Å². The normalized spacial score (nSPS) is 11.6. The summed E-state index contributed by atoms with van der Waals surface area (Å²) in [5.41, 5.74) is 2.67. The van der Waals surface area contributed by atoms with E-state index in [0.717, 1.165) is 16.6 Å². The standard InChI is InChI=1S/C19H16ClN3O2/c1-11-15-9-12(20)3-6-17(15)23-18(11)21-16-10-13(22(2)7-8-24)4-5-14(16)19(23)25/h3-6,9-10,24H,1,7-8H2,2H3. The van der Waals surface area contributed by atoms with Crippen LogP contribution < -0.4 is 15.7 Å². The summed E-state index contributed by atoms with van der Waals surface area (Å²) in [6.07, 6.45) is 0. The SMILES string of the molecule is C=c1c2cc(Cl)ccc2n2c(=O)c3ccc(N(C)CCO)cc3nc12. The van der Waals surface area contributed by atoms with Gasteiger partial charge in [0, 0.05) is 34.9 Å². The van der Waals surface area contributed by atoms with Gasteiger partial charge in [0.1, 0.15) is 5.65 Å². The highest BCUT2D eigenvalue weighted by Gasteiger charge is 2.14. The molecule has 1 N–H and O–H groups in total. The van der Waals surface area contributed by atoms with E-state index < -0.39 is 0 Å². The van der Waals surface area contributed by atoms with Gasteiger partial charge in [-0.15, -0.1) is 0 Å². The summed E-state index contributed by atoms with van der Waals surface area (Å²) < 4.78 is 1.59. The molecule has 0 atom stereocenters. The smallest absolute Gasteiger partial charge is 0.266 e. The molecule has 0 aliphatic carbocycles. The van der Waals surface area contributed by atoms with E-state index in [1.54, 1.807) is 22.6 Å². The molecule has 2 aromatic carbocycles. The fourth-order valence-corrected chi connectivity index (χ4v) is 3.35. The van der Waals surface area contributed by atoms with Gasteiger partial charge in [-0.1, -0.05) is 18.2 Å². The number of hydrogen-bond donors (Lipinski definition) is 1. The zero-order valence-electron chi connectivity index (χ0n) is 13.7. The van der Waals surface area contributed by atoms with Crippen LogP contribution in [0, 0.1) is 0 Å². The number of anilines is 1. The molecule has 0 saturated heterocycles. The lowest BCUT2D eigenvalue weighted by molar-refractivity contribution is 0.304. The van der Waals surface area contributed by atoms with Crippen LogP contribution in [0.2, 0.25) is 5.02 Å². The number of nitrogens with zero attached hydrogens (tertiary/aromatic N) is 3. The zero-order valence-corrected chi connectivity index (χ0v) is 14.4. The second-order valence-electron chi connectivity index (χ2n) is 6.06. The Morgan fingerprint density at radius 1 is 1.24 bits per heavy atom. The van der Waals surface area contributed by atoms with Gasteiger partial charge in [0.05, 0.1) is 23.0 Å². The Bertz CT molecular complexity index is 1230. The Morgan fingerprint density at radius 2 is 2.04 bits per heavy atom. The van der Waals surface area contributed by atoms with Crippen molar-refractivity contribution in [2.45, 2.75) is 0 Å². The molecule has 4 aromatic rings. The van der Waals surface area contributed by atoms with Gasteiger partial charge in [0.25, 0.3) is 5.56 Å². The minimum Gasteiger partial charge on any atom is -0.395 e. The number of aromatic nitrogens is 2. The number of benzene rings is 2. The van der Waals surface area contributed by atoms with Crippen molar-refractivity contribution in [3.05, 3.63) is 57.0 Å². The number of aliphatic hydroxyl groups is 1. The van der Waals surface area contributed by atoms with Gasteiger partial charge in [-0.2, -0.15) is 0 Å². The zero-order chi connectivity index (χ0) is 17.7. The second kappa shape index (κ2) is 5.72. The molecule has 2 aromatic heterocycles. The molecule has 0 aliphatic heterocycles. The topological polar surface area (TPSA) is 57.8 Å². The Kier molecular flexibility index (Phi) is 3.63. The highest BCUT2D eigenvalue weighted by atomic mass is 35.5. The molecular weight excluding hydrogens is 338 g/mol. The van der Waals surface area contributed by atoms with E-state index in [-0.39, 0.29) is 12.2 Å². The van der Waals surface area contributed by atoms with Gasteiger partial charge in [-0.05, 0) is 36.4 Å². The van der Waals surface area contributed by atoms with Crippen molar-refractivity contribution in [1.82, 2.24) is 9.38 Å². The molecular formula is C19H16ClN3O2. The molecule has 0 spiro atoms. The molecule has 0 bridgehead atoms. The first kappa shape index (κ1) is 15.9. The van der Waals surface area contributed by atoms with E-state index in [9.17, 15) is 4.79 Å². The predicted octanol–water partition coefficient (Wildman–Crippen LogP) is 2.21. The van der Waals surface area contributed by atoms with Crippen molar-refractivity contribution < 1.29 is 5.11 Å². The first-order valence-electron chi connectivity index (χ1n) is 7.89. The minimum atomic E-state index is -0.126. The number of halogens is 1. The predicted molar refractivity (Wildman–Crippen MR) is 103 cm³/mol. The van der Waals surface area contributed by atoms with E-state index in [1.807, 2.05) is 30.1 Å². The summed E-state index contributed by atoms with van der Waals surface area (Å²) in [5.74, 6) is 0. The quantitative estimate of drug-likeness (QED) is 0.613. The van der Waals surface area contributed by atoms with Crippen molar-refractivity contribution in [2.75, 3.05) is 25.1 Å². The highest BCUT2D eigenvalue weighted by molar-refractivity contribution is 6.31. The Balaban J connectivity index is 2.09. The van der Waals surface area contributed by atoms with Gasteiger partial charge in [-0.25, -0.2) is 4.98 Å². The highest BCUT2D eigenvalue weighted by Crippen LogP contribution is 2.21. The van der Waals surface area contributed by atoms with Crippen LogP contribution in [0.1, 0.15) is 0 Å². The first-order valence-corrected chi connectivity index (χ1v) is 8.27. The summed E-state index contributed by atoms with van der Waals surface area (Å²) in [4.78, 5) is 19.6. The summed E-state index contributed by atoms with van der Waals surface area (Å²) in [5, 5.41) is 11.8. The summed E-state index contributed by atoms with van der Waals surface area (Å²) in [6.45, 7) is 4.65. The molecule has 2 heterocycles. The lowest BCUT2D eigenvalue weighted by atomic mass is 10.2. The van der Waals surface area contributed by atoms with E-state index >= 15 is 0 Å². The van der Waals surface area contributed by atoms with Crippen LogP contribution in [0.25, 0.3) is 34.0 Å². The van der Waals surface area contributed by atoms with Gasteiger partial charge < -0.3 is 10.0 Å². The third-order valence-corrected chi connectivity index (χ3v) is 4.76. The van der Waals surface area contributed by atoms with Crippen LogP contribution in [0.3, 0.4) is 0 Å². The average Bonchev–Trinajstić information content (AvgIpc) is 2.87. The van der Waals surface area contributed by atoms with Gasteiger partial charge in [0.2, 0.25) is 0 Å². The Hall–Kier alpha value is -2.63. The average molecular weight is 354 g/mol. The molecule has 0 radical (unpaired) electrons. The van der Waals surface area contributed by atoms with Gasteiger partial charge in [0.15, 0.2) is 0 Å². The monoisotopic (exact) mass is 353 g/mol. The van der Waals surface area contributed by atoms with Crippen molar-refractivity contribution in [1.29, 1.82) is 0 Å². The Labute approximate surface area is 148 Å². The van der Waals surface area contributed by atoms with Crippen molar-refractivity contribution in [3.63, 3.8) is 0 Å². The second-order valence-corrected chi connectivity index (χ2v) is 6.50. The molecule has 0 aliphatic rings. The largest absolute Gasteiger partial charge is 0.395 e. The fourth-order valence-electron chi connectivity index (χ4n) is 3.18. The Morgan fingerprint density at radius 3 is 2.80 bits per heavy atom. The van der Waals surface area contributed by atoms with Gasteiger partial charge in [-0.3, -0.25) is 9.20 Å². The van der Waals surface area contributed by atoms with E-state index in [1.165, 1.54) is 0 Å². The maximum Gasteiger partial charge on any atom is 0.266 e. The molecule has 6 heteroatoms. The van der Waals surface area contributed by atoms with Crippen LogP contribution in [0.4, 0.5) is 5.69 Å². The molecule has 4 rings (SSSR count). The number of hydrogen-bond acceptors (Lipinski definition) is 4. The number of fused-ring (bicyclic) bond motifs is 4. The third kappa shape index (κ3) is 2.35. The van der Waals surface area contributed by atoms with Crippen molar-refractivity contribution in [3.8, 4) is 0 Å². The lowest BCUT2D eigenvalue weighted by Crippen LogP contribution is -2.21. The maximum atomic E-state index is 13.0.